The molecule has 1 amide bonds. The average molecular weight is 286 g/mol. The average Bonchev–Trinajstić information content (AvgIpc) is 2.52. The Labute approximate surface area is 121 Å². The fourth-order valence-corrected chi connectivity index (χ4v) is 1.87. The number of carbonyl (C=O) groups excluding carboxylic acids is 1. The maximum absolute atomic E-state index is 12.2. The van der Waals surface area contributed by atoms with Gasteiger partial charge in [-0.3, -0.25) is 9.78 Å². The van der Waals surface area contributed by atoms with Crippen LogP contribution in [0.4, 0.5) is 0 Å². The number of aliphatic carboxylic acids is 1. The first kappa shape index (κ1) is 14.5. The van der Waals surface area contributed by atoms with E-state index in [1.165, 1.54) is 25.6 Å². The summed E-state index contributed by atoms with van der Waals surface area (Å²) < 4.78 is 5.04. The van der Waals surface area contributed by atoms with Crippen molar-refractivity contribution in [2.24, 2.45) is 0 Å². The number of hydrogen-bond acceptors (Lipinski definition) is 4. The second kappa shape index (κ2) is 6.51. The molecule has 1 aromatic heterocycles. The molecule has 6 nitrogen and oxygen atoms in total. The van der Waals surface area contributed by atoms with Gasteiger partial charge in [0.1, 0.15) is 5.75 Å². The highest BCUT2D eigenvalue weighted by atomic mass is 16.5. The van der Waals surface area contributed by atoms with Crippen molar-refractivity contribution in [1.82, 2.24) is 10.3 Å². The Hall–Kier alpha value is -2.89. The summed E-state index contributed by atoms with van der Waals surface area (Å²) in [5, 5.41) is 11.8. The van der Waals surface area contributed by atoms with E-state index in [9.17, 15) is 14.7 Å². The lowest BCUT2D eigenvalue weighted by Gasteiger charge is -2.15. The van der Waals surface area contributed by atoms with Crippen LogP contribution in [0.15, 0.2) is 48.8 Å². The summed E-state index contributed by atoms with van der Waals surface area (Å²) in [5.74, 6) is -1.39. The smallest absolute Gasteiger partial charge is 0.330 e. The summed E-state index contributed by atoms with van der Waals surface area (Å²) in [7, 11) is 1.42. The first-order chi connectivity index (χ1) is 10.1. The number of benzene rings is 1. The first-order valence-corrected chi connectivity index (χ1v) is 6.20. The number of hydrogen-bond donors (Lipinski definition) is 2. The molecule has 0 aliphatic heterocycles. The fourth-order valence-electron chi connectivity index (χ4n) is 1.87. The van der Waals surface area contributed by atoms with Gasteiger partial charge in [-0.05, 0) is 11.6 Å². The number of amides is 1. The summed E-state index contributed by atoms with van der Waals surface area (Å²) >= 11 is 0. The molecule has 1 aromatic carbocycles. The fraction of sp³-hybridized carbons (Fsp3) is 0.133. The Kier molecular flexibility index (Phi) is 4.50. The minimum absolute atomic E-state index is 0.231. The van der Waals surface area contributed by atoms with Crippen LogP contribution in [0, 0.1) is 0 Å². The Morgan fingerprint density at radius 2 is 1.95 bits per heavy atom. The number of carbonyl (C=O) groups is 2. The van der Waals surface area contributed by atoms with Crippen molar-refractivity contribution < 1.29 is 19.4 Å². The maximum atomic E-state index is 12.2. The number of carboxylic acid groups (broad SMARTS) is 1. The zero-order chi connectivity index (χ0) is 15.2. The SMILES string of the molecule is COc1cnccc1C(=O)NC(C(=O)O)c1ccccc1. The first-order valence-electron chi connectivity index (χ1n) is 6.20. The minimum Gasteiger partial charge on any atom is -0.494 e. The van der Waals surface area contributed by atoms with E-state index in [1.54, 1.807) is 30.3 Å². The number of aromatic nitrogens is 1. The highest BCUT2D eigenvalue weighted by Crippen LogP contribution is 2.18. The molecule has 6 heteroatoms. The molecule has 0 radical (unpaired) electrons. The standard InChI is InChI=1S/C15H14N2O4/c1-21-12-9-16-8-7-11(12)14(18)17-13(15(19)20)10-5-3-2-4-6-10/h2-9,13H,1H3,(H,17,18)(H,19,20). The molecule has 21 heavy (non-hydrogen) atoms. The summed E-state index contributed by atoms with van der Waals surface area (Å²) in [6.45, 7) is 0. The molecule has 1 heterocycles. The Morgan fingerprint density at radius 1 is 1.24 bits per heavy atom. The van der Waals surface area contributed by atoms with Crippen LogP contribution in [-0.2, 0) is 4.79 Å². The largest absolute Gasteiger partial charge is 0.494 e. The number of methoxy groups -OCH3 is 1. The van der Waals surface area contributed by atoms with Crippen LogP contribution < -0.4 is 10.1 Å². The Bertz CT molecular complexity index is 643. The quantitative estimate of drug-likeness (QED) is 0.872. The second-order valence-electron chi connectivity index (χ2n) is 4.23. The highest BCUT2D eigenvalue weighted by Gasteiger charge is 2.23. The van der Waals surface area contributed by atoms with Crippen LogP contribution in [0.3, 0.4) is 0 Å². The molecule has 2 aromatic rings. The van der Waals surface area contributed by atoms with E-state index in [4.69, 9.17) is 4.74 Å². The lowest BCUT2D eigenvalue weighted by atomic mass is 10.1. The monoisotopic (exact) mass is 286 g/mol. The van der Waals surface area contributed by atoms with Crippen LogP contribution in [0.25, 0.3) is 0 Å². The lowest BCUT2D eigenvalue weighted by molar-refractivity contribution is -0.139. The predicted molar refractivity (Wildman–Crippen MR) is 75.1 cm³/mol. The van der Waals surface area contributed by atoms with Crippen LogP contribution in [0.2, 0.25) is 0 Å². The van der Waals surface area contributed by atoms with Crippen molar-refractivity contribution in [2.45, 2.75) is 6.04 Å². The predicted octanol–water partition coefficient (Wildman–Crippen LogP) is 1.65. The molecule has 1 atom stereocenters. The van der Waals surface area contributed by atoms with Gasteiger partial charge in [-0.15, -0.1) is 0 Å². The summed E-state index contributed by atoms with van der Waals surface area (Å²) in [6.07, 6.45) is 2.84. The molecule has 1 unspecified atom stereocenters. The number of rotatable bonds is 5. The molecule has 2 rings (SSSR count). The number of pyridine rings is 1. The van der Waals surface area contributed by atoms with Gasteiger partial charge in [0.2, 0.25) is 0 Å². The maximum Gasteiger partial charge on any atom is 0.330 e. The lowest BCUT2D eigenvalue weighted by Crippen LogP contribution is -2.33. The number of carboxylic acids is 1. The number of nitrogens with one attached hydrogen (secondary N) is 1. The topological polar surface area (TPSA) is 88.5 Å². The Balaban J connectivity index is 2.25. The summed E-state index contributed by atoms with van der Waals surface area (Å²) in [5.41, 5.74) is 0.723. The van der Waals surface area contributed by atoms with Gasteiger partial charge in [-0.25, -0.2) is 4.79 Å². The summed E-state index contributed by atoms with van der Waals surface area (Å²) in [4.78, 5) is 27.4. The zero-order valence-corrected chi connectivity index (χ0v) is 11.3. The van der Waals surface area contributed by atoms with Gasteiger partial charge in [0, 0.05) is 6.20 Å². The molecule has 2 N–H and O–H groups in total. The van der Waals surface area contributed by atoms with E-state index in [0.29, 0.717) is 5.56 Å². The molecule has 0 bridgehead atoms. The van der Waals surface area contributed by atoms with Gasteiger partial charge in [0.25, 0.3) is 5.91 Å². The molecule has 108 valence electrons. The molecular weight excluding hydrogens is 272 g/mol. The third-order valence-corrected chi connectivity index (χ3v) is 2.90. The van der Waals surface area contributed by atoms with Crippen molar-refractivity contribution in [1.29, 1.82) is 0 Å². The van der Waals surface area contributed by atoms with Crippen molar-refractivity contribution in [2.75, 3.05) is 7.11 Å². The molecule has 0 aliphatic rings. The van der Waals surface area contributed by atoms with Crippen LogP contribution in [0.1, 0.15) is 22.0 Å². The van der Waals surface area contributed by atoms with Gasteiger partial charge in [-0.2, -0.15) is 0 Å². The molecule has 0 aliphatic carbocycles. The van der Waals surface area contributed by atoms with Crippen LogP contribution in [-0.4, -0.2) is 29.1 Å². The van der Waals surface area contributed by atoms with Crippen molar-refractivity contribution >= 4 is 11.9 Å². The third-order valence-electron chi connectivity index (χ3n) is 2.90. The number of ether oxygens (including phenoxy) is 1. The molecule has 0 fully saturated rings. The normalized spacial score (nSPS) is 11.5. The van der Waals surface area contributed by atoms with E-state index in [1.807, 2.05) is 0 Å². The third kappa shape index (κ3) is 3.36. The molecular formula is C15H14N2O4. The van der Waals surface area contributed by atoms with Gasteiger partial charge in [0.15, 0.2) is 6.04 Å². The zero-order valence-electron chi connectivity index (χ0n) is 11.3. The van der Waals surface area contributed by atoms with Crippen molar-refractivity contribution in [3.8, 4) is 5.75 Å². The second-order valence-corrected chi connectivity index (χ2v) is 4.23. The van der Waals surface area contributed by atoms with Gasteiger partial charge in [-0.1, -0.05) is 30.3 Å². The number of nitrogens with zero attached hydrogens (tertiary/aromatic N) is 1. The Morgan fingerprint density at radius 3 is 2.57 bits per heavy atom. The highest BCUT2D eigenvalue weighted by molar-refractivity contribution is 5.98. The molecule has 0 saturated heterocycles. The van der Waals surface area contributed by atoms with Crippen molar-refractivity contribution in [3.05, 3.63) is 59.9 Å². The van der Waals surface area contributed by atoms with Gasteiger partial charge < -0.3 is 15.2 Å². The minimum atomic E-state index is -1.14. The van der Waals surface area contributed by atoms with E-state index in [0.717, 1.165) is 0 Å². The van der Waals surface area contributed by atoms with E-state index in [-0.39, 0.29) is 11.3 Å². The molecule has 0 saturated carbocycles. The molecule has 0 spiro atoms. The summed E-state index contributed by atoms with van der Waals surface area (Å²) in [6, 6.07) is 8.82. The van der Waals surface area contributed by atoms with Crippen molar-refractivity contribution in [3.63, 3.8) is 0 Å². The van der Waals surface area contributed by atoms with Crippen LogP contribution >= 0.6 is 0 Å². The van der Waals surface area contributed by atoms with Gasteiger partial charge >= 0.3 is 5.97 Å². The van der Waals surface area contributed by atoms with E-state index in [2.05, 4.69) is 10.3 Å². The van der Waals surface area contributed by atoms with E-state index >= 15 is 0 Å². The van der Waals surface area contributed by atoms with Crippen LogP contribution in [0.5, 0.6) is 5.75 Å². The van der Waals surface area contributed by atoms with Gasteiger partial charge in [0.05, 0.1) is 18.9 Å². The van der Waals surface area contributed by atoms with E-state index < -0.39 is 17.9 Å².